The van der Waals surface area contributed by atoms with E-state index in [0.29, 0.717) is 11.6 Å². The highest BCUT2D eigenvalue weighted by Gasteiger charge is 2.12. The van der Waals surface area contributed by atoms with Gasteiger partial charge in [-0.3, -0.25) is 0 Å². The Bertz CT molecular complexity index is 734. The van der Waals surface area contributed by atoms with Gasteiger partial charge >= 0.3 is 0 Å². The van der Waals surface area contributed by atoms with Crippen molar-refractivity contribution < 1.29 is 0 Å². The highest BCUT2D eigenvalue weighted by atomic mass is 79.9. The summed E-state index contributed by atoms with van der Waals surface area (Å²) < 4.78 is 3.00. The molecule has 0 fully saturated rings. The minimum absolute atomic E-state index is 0.426. The second-order valence-corrected chi connectivity index (χ2v) is 5.55. The lowest BCUT2D eigenvalue weighted by Crippen LogP contribution is -2.02. The summed E-state index contributed by atoms with van der Waals surface area (Å²) in [7, 11) is 0. The smallest absolute Gasteiger partial charge is 0.137 e. The number of hydrogen-bond acceptors (Lipinski definition) is 2. The lowest BCUT2D eigenvalue weighted by molar-refractivity contribution is 0.959. The van der Waals surface area contributed by atoms with Crippen molar-refractivity contribution in [3.8, 4) is 11.3 Å². The van der Waals surface area contributed by atoms with Crippen LogP contribution in [0.4, 0.5) is 0 Å². The Balaban J connectivity index is 2.25. The van der Waals surface area contributed by atoms with E-state index in [0.717, 1.165) is 27.1 Å². The predicted octanol–water partition coefficient (Wildman–Crippen LogP) is 3.88. The van der Waals surface area contributed by atoms with Crippen molar-refractivity contribution >= 4 is 33.2 Å². The molecule has 0 unspecified atom stereocenters. The van der Waals surface area contributed by atoms with Crippen LogP contribution in [0.1, 0.15) is 5.69 Å². The summed E-state index contributed by atoms with van der Waals surface area (Å²) in [5.74, 6) is 0. The predicted molar refractivity (Wildman–Crippen MR) is 81.2 cm³/mol. The molecule has 0 bridgehead atoms. The molecule has 0 aliphatic heterocycles. The van der Waals surface area contributed by atoms with E-state index in [1.165, 1.54) is 0 Å². The van der Waals surface area contributed by atoms with Gasteiger partial charge in [-0.15, -0.1) is 0 Å². The van der Waals surface area contributed by atoms with Crippen molar-refractivity contribution in [1.29, 1.82) is 0 Å². The van der Waals surface area contributed by atoms with Crippen LogP contribution in [0.3, 0.4) is 0 Å². The average molecular weight is 337 g/mol. The zero-order valence-corrected chi connectivity index (χ0v) is 12.3. The van der Waals surface area contributed by atoms with Crippen LogP contribution in [0.15, 0.2) is 47.1 Å². The molecule has 2 aromatic heterocycles. The Morgan fingerprint density at radius 1 is 1.16 bits per heavy atom. The zero-order chi connectivity index (χ0) is 13.4. The number of nitrogens with two attached hydrogens (primary N) is 1. The lowest BCUT2D eigenvalue weighted by Gasteiger charge is -2.02. The molecule has 3 nitrogen and oxygen atoms in total. The maximum absolute atomic E-state index is 5.92. The number of imidazole rings is 1. The van der Waals surface area contributed by atoms with Crippen LogP contribution in [0.2, 0.25) is 5.02 Å². The minimum atomic E-state index is 0.426. The SMILES string of the molecule is NCc1c(-c2ccc(Cl)cc2)nc2ccc(Br)cn12. The fourth-order valence-corrected chi connectivity index (χ4v) is 2.56. The van der Waals surface area contributed by atoms with Crippen LogP contribution in [-0.2, 0) is 6.54 Å². The van der Waals surface area contributed by atoms with Gasteiger partial charge in [-0.1, -0.05) is 23.7 Å². The Morgan fingerprint density at radius 2 is 1.89 bits per heavy atom. The van der Waals surface area contributed by atoms with Crippen LogP contribution >= 0.6 is 27.5 Å². The summed E-state index contributed by atoms with van der Waals surface area (Å²) in [6.07, 6.45) is 1.98. The van der Waals surface area contributed by atoms with E-state index in [4.69, 9.17) is 17.3 Å². The summed E-state index contributed by atoms with van der Waals surface area (Å²) in [4.78, 5) is 4.64. The van der Waals surface area contributed by atoms with Gasteiger partial charge in [-0.25, -0.2) is 4.98 Å². The fraction of sp³-hybridized carbons (Fsp3) is 0.0714. The van der Waals surface area contributed by atoms with Crippen LogP contribution in [0.5, 0.6) is 0 Å². The van der Waals surface area contributed by atoms with Crippen LogP contribution < -0.4 is 5.73 Å². The molecule has 5 heteroatoms. The van der Waals surface area contributed by atoms with Gasteiger partial charge in [0.15, 0.2) is 0 Å². The van der Waals surface area contributed by atoms with Crippen molar-refractivity contribution in [3.63, 3.8) is 0 Å². The molecule has 96 valence electrons. The number of benzene rings is 1. The first kappa shape index (κ1) is 12.7. The van der Waals surface area contributed by atoms with E-state index in [9.17, 15) is 0 Å². The highest BCUT2D eigenvalue weighted by Crippen LogP contribution is 2.26. The summed E-state index contributed by atoms with van der Waals surface area (Å²) in [6, 6.07) is 11.6. The molecule has 19 heavy (non-hydrogen) atoms. The highest BCUT2D eigenvalue weighted by molar-refractivity contribution is 9.10. The number of pyridine rings is 1. The van der Waals surface area contributed by atoms with Gasteiger partial charge in [0.05, 0.1) is 11.4 Å². The van der Waals surface area contributed by atoms with E-state index in [1.807, 2.05) is 47.0 Å². The Labute approximate surface area is 124 Å². The third-order valence-electron chi connectivity index (χ3n) is 2.99. The molecule has 0 radical (unpaired) electrons. The Hall–Kier alpha value is -1.36. The molecule has 1 aromatic carbocycles. The molecular formula is C14H11BrClN3. The van der Waals surface area contributed by atoms with Gasteiger partial charge in [0.25, 0.3) is 0 Å². The van der Waals surface area contributed by atoms with Crippen LogP contribution in [0.25, 0.3) is 16.9 Å². The van der Waals surface area contributed by atoms with Crippen molar-refractivity contribution in [3.05, 3.63) is 57.8 Å². The molecule has 3 aromatic rings. The number of aromatic nitrogens is 2. The third kappa shape index (κ3) is 2.27. The number of hydrogen-bond donors (Lipinski definition) is 1. The van der Waals surface area contributed by atoms with Gasteiger partial charge < -0.3 is 10.1 Å². The number of rotatable bonds is 2. The topological polar surface area (TPSA) is 43.3 Å². The zero-order valence-electron chi connectivity index (χ0n) is 9.98. The van der Waals surface area contributed by atoms with Gasteiger partial charge in [0.1, 0.15) is 5.65 Å². The van der Waals surface area contributed by atoms with Crippen molar-refractivity contribution in [2.45, 2.75) is 6.54 Å². The standard InChI is InChI=1S/C14H11BrClN3/c15-10-3-6-13-18-14(12(7-17)19(13)8-10)9-1-4-11(16)5-2-9/h1-6,8H,7,17H2. The fourth-order valence-electron chi connectivity index (χ4n) is 2.10. The van der Waals surface area contributed by atoms with E-state index in [-0.39, 0.29) is 0 Å². The van der Waals surface area contributed by atoms with E-state index in [2.05, 4.69) is 20.9 Å². The molecule has 2 heterocycles. The molecule has 0 atom stereocenters. The third-order valence-corrected chi connectivity index (χ3v) is 3.71. The first-order chi connectivity index (χ1) is 9.19. The number of fused-ring (bicyclic) bond motifs is 1. The number of nitrogens with zero attached hydrogens (tertiary/aromatic N) is 2. The van der Waals surface area contributed by atoms with Gasteiger partial charge in [0.2, 0.25) is 0 Å². The van der Waals surface area contributed by atoms with E-state index < -0.39 is 0 Å². The summed E-state index contributed by atoms with van der Waals surface area (Å²) in [5, 5.41) is 0.713. The number of halogens is 2. The van der Waals surface area contributed by atoms with Crippen molar-refractivity contribution in [1.82, 2.24) is 9.38 Å². The van der Waals surface area contributed by atoms with E-state index >= 15 is 0 Å². The normalized spacial score (nSPS) is 11.1. The van der Waals surface area contributed by atoms with Gasteiger partial charge in [-0.2, -0.15) is 0 Å². The maximum Gasteiger partial charge on any atom is 0.137 e. The first-order valence-corrected chi connectivity index (χ1v) is 6.98. The second kappa shape index (κ2) is 4.96. The maximum atomic E-state index is 5.92. The summed E-state index contributed by atoms with van der Waals surface area (Å²) in [6.45, 7) is 0.426. The molecule has 0 aliphatic carbocycles. The summed E-state index contributed by atoms with van der Waals surface area (Å²) in [5.41, 5.74) is 9.66. The second-order valence-electron chi connectivity index (χ2n) is 4.19. The molecule has 0 spiro atoms. The molecule has 0 amide bonds. The first-order valence-electron chi connectivity index (χ1n) is 5.81. The van der Waals surface area contributed by atoms with Gasteiger partial charge in [-0.05, 0) is 40.2 Å². The Kier molecular flexibility index (Phi) is 3.31. The molecule has 3 rings (SSSR count). The molecule has 0 aliphatic rings. The van der Waals surface area contributed by atoms with E-state index in [1.54, 1.807) is 0 Å². The Morgan fingerprint density at radius 3 is 2.58 bits per heavy atom. The molecule has 0 saturated carbocycles. The average Bonchev–Trinajstić information content (AvgIpc) is 2.77. The quantitative estimate of drug-likeness (QED) is 0.772. The minimum Gasteiger partial charge on any atom is -0.325 e. The van der Waals surface area contributed by atoms with Crippen molar-refractivity contribution in [2.75, 3.05) is 0 Å². The van der Waals surface area contributed by atoms with Gasteiger partial charge in [0, 0.05) is 27.8 Å². The molecule has 2 N–H and O–H groups in total. The largest absolute Gasteiger partial charge is 0.325 e. The molecular weight excluding hydrogens is 326 g/mol. The van der Waals surface area contributed by atoms with Crippen LogP contribution in [0, 0.1) is 0 Å². The molecule has 0 saturated heterocycles. The van der Waals surface area contributed by atoms with Crippen LogP contribution in [-0.4, -0.2) is 9.38 Å². The summed E-state index contributed by atoms with van der Waals surface area (Å²) >= 11 is 9.38. The van der Waals surface area contributed by atoms with Crippen molar-refractivity contribution in [2.24, 2.45) is 5.73 Å². The lowest BCUT2D eigenvalue weighted by atomic mass is 10.1. The monoisotopic (exact) mass is 335 g/mol.